The number of hydrogen-bond donors (Lipinski definition) is 3. The van der Waals surface area contributed by atoms with Gasteiger partial charge in [0.05, 0.1) is 4.58 Å². The van der Waals surface area contributed by atoms with Crippen molar-refractivity contribution in [3.8, 4) is 0 Å². The molecule has 6 heteroatoms. The van der Waals surface area contributed by atoms with E-state index in [0.29, 0.717) is 4.58 Å². The van der Waals surface area contributed by atoms with Crippen LogP contribution < -0.4 is 0 Å². The minimum atomic E-state index is 0.660. The minimum Gasteiger partial charge on any atom is -0.168 e. The zero-order valence-corrected chi connectivity index (χ0v) is 11.8. The number of thioether (sulfide) groups is 3. The smallest absolute Gasteiger partial charge is 0.0526 e. The lowest BCUT2D eigenvalue weighted by molar-refractivity contribution is 1.08. The molecule has 0 fully saturated rings. The van der Waals surface area contributed by atoms with Crippen LogP contribution in [0.5, 0.6) is 0 Å². The van der Waals surface area contributed by atoms with Gasteiger partial charge in [0.25, 0.3) is 0 Å². The Morgan fingerprint density at radius 2 is 1.50 bits per heavy atom. The van der Waals surface area contributed by atoms with E-state index in [1.165, 1.54) is 12.2 Å². The molecule has 0 saturated heterocycles. The average molecular weight is 279 g/mol. The summed E-state index contributed by atoms with van der Waals surface area (Å²) in [6, 6.07) is 0. The lowest BCUT2D eigenvalue weighted by Crippen LogP contribution is -1.99. The molecule has 0 aromatic carbocycles. The van der Waals surface area contributed by atoms with Crippen LogP contribution in [-0.2, 0) is 0 Å². The van der Waals surface area contributed by atoms with Gasteiger partial charge in [-0.1, -0.05) is 0 Å². The molecule has 0 radical (unpaired) electrons. The Kier molecular flexibility index (Phi) is 13.1. The molecule has 0 nitrogen and oxygen atoms in total. The molecule has 0 N–H and O–H groups in total. The van der Waals surface area contributed by atoms with Crippen LogP contribution in [-0.4, -0.2) is 25.6 Å². The summed E-state index contributed by atoms with van der Waals surface area (Å²) in [4.78, 5) is 0. The van der Waals surface area contributed by atoms with Gasteiger partial charge < -0.3 is 0 Å². The Bertz CT molecular complexity index is 82.1. The monoisotopic (exact) mass is 278 g/mol. The molecular weight excluding hydrogens is 264 g/mol. The van der Waals surface area contributed by atoms with Gasteiger partial charge in [0.15, 0.2) is 0 Å². The first-order valence-corrected chi connectivity index (χ1v) is 8.63. The molecule has 0 saturated carbocycles. The molecule has 74 valence electrons. The van der Waals surface area contributed by atoms with Gasteiger partial charge in [-0.15, -0.1) is 23.5 Å². The Morgan fingerprint density at radius 3 is 1.92 bits per heavy atom. The van der Waals surface area contributed by atoms with Crippen molar-refractivity contribution in [2.75, 3.05) is 21.0 Å². The summed E-state index contributed by atoms with van der Waals surface area (Å²) in [5.41, 5.74) is 0. The predicted octanol–water partition coefficient (Wildman–Crippen LogP) is 3.56. The first-order chi connectivity index (χ1) is 5.85. The van der Waals surface area contributed by atoms with Gasteiger partial charge in [0, 0.05) is 15.3 Å². The standard InChI is InChI=1S/C6H14S6/c7-3-10-2-1-6(11-4-8)12-5-9/h6-9H,1-5H2. The third kappa shape index (κ3) is 8.69. The maximum atomic E-state index is 4.20. The van der Waals surface area contributed by atoms with Gasteiger partial charge in [-0.2, -0.15) is 49.6 Å². The van der Waals surface area contributed by atoms with E-state index in [1.54, 1.807) is 0 Å². The molecule has 0 aliphatic rings. The van der Waals surface area contributed by atoms with E-state index in [1.807, 2.05) is 35.3 Å². The highest BCUT2D eigenvalue weighted by atomic mass is 32.2. The van der Waals surface area contributed by atoms with E-state index in [4.69, 9.17) is 0 Å². The van der Waals surface area contributed by atoms with Crippen molar-refractivity contribution in [3.05, 3.63) is 0 Å². The van der Waals surface area contributed by atoms with Crippen molar-refractivity contribution in [3.63, 3.8) is 0 Å². The van der Waals surface area contributed by atoms with E-state index in [0.717, 1.165) is 15.3 Å². The molecule has 0 atom stereocenters. The Labute approximate surface area is 104 Å². The topological polar surface area (TPSA) is 0 Å². The first-order valence-electron chi connectivity index (χ1n) is 3.48. The van der Waals surface area contributed by atoms with Crippen LogP contribution in [0.1, 0.15) is 6.42 Å². The van der Waals surface area contributed by atoms with Crippen molar-refractivity contribution < 1.29 is 0 Å². The molecule has 0 heterocycles. The number of hydrogen-bond acceptors (Lipinski definition) is 6. The van der Waals surface area contributed by atoms with Gasteiger partial charge in [0.1, 0.15) is 0 Å². The van der Waals surface area contributed by atoms with Crippen molar-refractivity contribution >= 4 is 73.2 Å². The van der Waals surface area contributed by atoms with Crippen LogP contribution in [0.25, 0.3) is 0 Å². The maximum absolute atomic E-state index is 4.20. The van der Waals surface area contributed by atoms with Gasteiger partial charge in [-0.25, -0.2) is 0 Å². The average Bonchev–Trinajstić information content (AvgIpc) is 2.06. The Hall–Kier alpha value is 2.10. The molecular formula is C6H14S6. The van der Waals surface area contributed by atoms with Gasteiger partial charge in [0.2, 0.25) is 0 Å². The molecule has 12 heavy (non-hydrogen) atoms. The van der Waals surface area contributed by atoms with E-state index in [9.17, 15) is 0 Å². The normalized spacial score (nSPS) is 11.0. The molecule has 0 spiro atoms. The van der Waals surface area contributed by atoms with Crippen molar-refractivity contribution in [2.24, 2.45) is 0 Å². The lowest BCUT2D eigenvalue weighted by Gasteiger charge is -2.12. The van der Waals surface area contributed by atoms with Gasteiger partial charge in [-0.05, 0) is 12.2 Å². The van der Waals surface area contributed by atoms with E-state index >= 15 is 0 Å². The van der Waals surface area contributed by atoms with Crippen LogP contribution in [0.15, 0.2) is 0 Å². The van der Waals surface area contributed by atoms with Crippen molar-refractivity contribution in [1.29, 1.82) is 0 Å². The van der Waals surface area contributed by atoms with Crippen LogP contribution in [0.2, 0.25) is 0 Å². The second-order valence-electron chi connectivity index (χ2n) is 1.85. The molecule has 0 amide bonds. The van der Waals surface area contributed by atoms with Crippen LogP contribution >= 0.6 is 73.2 Å². The number of rotatable bonds is 8. The molecule has 0 aromatic rings. The highest BCUT2D eigenvalue weighted by Gasteiger charge is 2.06. The summed E-state index contributed by atoms with van der Waals surface area (Å²) in [6.45, 7) is 0. The zero-order valence-electron chi connectivity index (χ0n) is 6.68. The molecule has 0 rings (SSSR count). The molecule has 0 bridgehead atoms. The Balaban J connectivity index is 3.34. The van der Waals surface area contributed by atoms with Crippen molar-refractivity contribution in [1.82, 2.24) is 0 Å². The highest BCUT2D eigenvalue weighted by Crippen LogP contribution is 2.29. The fourth-order valence-electron chi connectivity index (χ4n) is 0.625. The second kappa shape index (κ2) is 11.2. The summed E-state index contributed by atoms with van der Waals surface area (Å²) in [7, 11) is 0. The van der Waals surface area contributed by atoms with Crippen molar-refractivity contribution in [2.45, 2.75) is 11.0 Å². The highest BCUT2D eigenvalue weighted by molar-refractivity contribution is 8.23. The van der Waals surface area contributed by atoms with E-state index in [-0.39, 0.29) is 0 Å². The number of thiol groups is 3. The summed E-state index contributed by atoms with van der Waals surface area (Å²) in [5.74, 6) is 1.19. The Morgan fingerprint density at radius 1 is 0.917 bits per heavy atom. The van der Waals surface area contributed by atoms with Gasteiger partial charge >= 0.3 is 0 Å². The molecule has 0 aromatic heterocycles. The summed E-state index contributed by atoms with van der Waals surface area (Å²) in [5, 5.41) is 2.72. The lowest BCUT2D eigenvalue weighted by atomic mass is 10.6. The third-order valence-corrected chi connectivity index (χ3v) is 5.59. The SMILES string of the molecule is SCSCCC(SCS)SCS. The quantitative estimate of drug-likeness (QED) is 0.353. The van der Waals surface area contributed by atoms with Crippen LogP contribution in [0.3, 0.4) is 0 Å². The summed E-state index contributed by atoms with van der Waals surface area (Å²) >= 11 is 18.2. The predicted molar refractivity (Wildman–Crippen MR) is 77.6 cm³/mol. The maximum Gasteiger partial charge on any atom is 0.0526 e. The van der Waals surface area contributed by atoms with E-state index < -0.39 is 0 Å². The summed E-state index contributed by atoms with van der Waals surface area (Å²) in [6.07, 6.45) is 1.22. The fourth-order valence-corrected chi connectivity index (χ4v) is 5.22. The van der Waals surface area contributed by atoms with Gasteiger partial charge in [-0.3, -0.25) is 0 Å². The zero-order chi connectivity index (χ0) is 9.23. The molecule has 0 aliphatic heterocycles. The first kappa shape index (κ1) is 14.1. The van der Waals surface area contributed by atoms with E-state index in [2.05, 4.69) is 37.9 Å². The largest absolute Gasteiger partial charge is 0.168 e. The molecule has 0 aliphatic carbocycles. The molecule has 0 unspecified atom stereocenters. The fraction of sp³-hybridized carbons (Fsp3) is 1.00. The second-order valence-corrected chi connectivity index (χ2v) is 7.87. The van der Waals surface area contributed by atoms with Crippen LogP contribution in [0.4, 0.5) is 0 Å². The summed E-state index contributed by atoms with van der Waals surface area (Å²) < 4.78 is 0.660. The van der Waals surface area contributed by atoms with Crippen LogP contribution in [0, 0.1) is 0 Å². The third-order valence-electron chi connectivity index (χ3n) is 1.11. The minimum absolute atomic E-state index is 0.660.